The van der Waals surface area contributed by atoms with Crippen molar-refractivity contribution in [3.05, 3.63) is 34.5 Å². The molecule has 4 rings (SSSR count). The molecule has 1 aliphatic rings. The van der Waals surface area contributed by atoms with E-state index in [4.69, 9.17) is 28.1 Å². The topological polar surface area (TPSA) is 178 Å². The fourth-order valence-corrected chi connectivity index (χ4v) is 4.01. The standard InChI is InChI=1S/C24H26O12/c1-9-18(27)20(29)21(30)24(34-9)36-16-6-10(5-15(31-2)23(16)33-4)13-7-11(25)17-14(35-13)8-12(26)22(32-3)19(17)28/h5-9,18,20-21,24,26-30H,1-4H3. The molecule has 3 aromatic rings. The zero-order chi connectivity index (χ0) is 26.3. The number of phenolic OH excluding ortho intramolecular Hbond substituents is 2. The molecule has 0 spiro atoms. The van der Waals surface area contributed by atoms with E-state index in [2.05, 4.69) is 0 Å². The zero-order valence-corrected chi connectivity index (χ0v) is 19.8. The fourth-order valence-electron chi connectivity index (χ4n) is 4.01. The van der Waals surface area contributed by atoms with Crippen molar-refractivity contribution in [2.75, 3.05) is 21.3 Å². The second-order valence-corrected chi connectivity index (χ2v) is 8.13. The Morgan fingerprint density at radius 3 is 2.14 bits per heavy atom. The molecule has 5 atom stereocenters. The first-order valence-corrected chi connectivity index (χ1v) is 10.8. The monoisotopic (exact) mass is 506 g/mol. The molecule has 12 heteroatoms. The van der Waals surface area contributed by atoms with Crippen LogP contribution in [0, 0.1) is 0 Å². The molecular weight excluding hydrogens is 480 g/mol. The molecule has 5 N–H and O–H groups in total. The molecule has 1 saturated heterocycles. The predicted molar refractivity (Wildman–Crippen MR) is 124 cm³/mol. The van der Waals surface area contributed by atoms with Gasteiger partial charge in [-0.2, -0.15) is 0 Å². The summed E-state index contributed by atoms with van der Waals surface area (Å²) in [5.41, 5.74) is -0.450. The normalized spacial score (nSPS) is 23.9. The third-order valence-corrected chi connectivity index (χ3v) is 5.91. The largest absolute Gasteiger partial charge is 0.504 e. The maximum Gasteiger partial charge on any atom is 0.229 e. The van der Waals surface area contributed by atoms with E-state index in [9.17, 15) is 30.3 Å². The minimum absolute atomic E-state index is 0.00913. The quantitative estimate of drug-likeness (QED) is 0.322. The van der Waals surface area contributed by atoms with Gasteiger partial charge < -0.3 is 53.6 Å². The average molecular weight is 506 g/mol. The van der Waals surface area contributed by atoms with Crippen LogP contribution in [0.25, 0.3) is 22.3 Å². The van der Waals surface area contributed by atoms with Crippen LogP contribution in [0.2, 0.25) is 0 Å². The van der Waals surface area contributed by atoms with Crippen molar-refractivity contribution in [2.24, 2.45) is 0 Å². The van der Waals surface area contributed by atoms with Crippen molar-refractivity contribution >= 4 is 11.0 Å². The number of hydrogen-bond acceptors (Lipinski definition) is 12. The smallest absolute Gasteiger partial charge is 0.229 e. The van der Waals surface area contributed by atoms with Gasteiger partial charge in [0, 0.05) is 17.7 Å². The van der Waals surface area contributed by atoms with Crippen molar-refractivity contribution in [1.29, 1.82) is 0 Å². The SMILES string of the molecule is COc1cc(-c2cc(=O)c3c(O)c(OC)c(O)cc3o2)cc(OC2OC(C)C(O)C(O)C2O)c1OC. The molecule has 2 aromatic carbocycles. The van der Waals surface area contributed by atoms with Crippen molar-refractivity contribution in [3.8, 4) is 45.8 Å². The number of hydrogen-bond donors (Lipinski definition) is 5. The van der Waals surface area contributed by atoms with Crippen molar-refractivity contribution in [2.45, 2.75) is 37.6 Å². The number of benzene rings is 2. The predicted octanol–water partition coefficient (Wildman–Crippen LogP) is 1.10. The molecule has 1 aliphatic heterocycles. The lowest BCUT2D eigenvalue weighted by molar-refractivity contribution is -0.268. The summed E-state index contributed by atoms with van der Waals surface area (Å²) in [4.78, 5) is 12.8. The van der Waals surface area contributed by atoms with E-state index < -0.39 is 47.6 Å². The minimum atomic E-state index is -1.59. The van der Waals surface area contributed by atoms with E-state index in [1.807, 2.05) is 0 Å². The van der Waals surface area contributed by atoms with Crippen LogP contribution in [0.3, 0.4) is 0 Å². The van der Waals surface area contributed by atoms with Crippen molar-refractivity contribution in [1.82, 2.24) is 0 Å². The summed E-state index contributed by atoms with van der Waals surface area (Å²) >= 11 is 0. The molecule has 2 heterocycles. The van der Waals surface area contributed by atoms with Gasteiger partial charge in [0.1, 0.15) is 35.0 Å². The van der Waals surface area contributed by atoms with Crippen LogP contribution in [-0.2, 0) is 4.74 Å². The van der Waals surface area contributed by atoms with Crippen molar-refractivity contribution < 1.29 is 53.6 Å². The Morgan fingerprint density at radius 1 is 0.833 bits per heavy atom. The van der Waals surface area contributed by atoms with Crippen LogP contribution < -0.4 is 24.4 Å². The van der Waals surface area contributed by atoms with Gasteiger partial charge in [-0.3, -0.25) is 4.79 Å². The first-order chi connectivity index (χ1) is 17.1. The average Bonchev–Trinajstić information content (AvgIpc) is 2.85. The Labute approximate surface area is 204 Å². The summed E-state index contributed by atoms with van der Waals surface area (Å²) in [6, 6.07) is 5.18. The van der Waals surface area contributed by atoms with Gasteiger partial charge in [-0.05, 0) is 19.1 Å². The minimum Gasteiger partial charge on any atom is -0.504 e. The molecule has 0 saturated carbocycles. The van der Waals surface area contributed by atoms with E-state index >= 15 is 0 Å². The maximum atomic E-state index is 12.8. The second-order valence-electron chi connectivity index (χ2n) is 8.13. The zero-order valence-electron chi connectivity index (χ0n) is 19.8. The first-order valence-electron chi connectivity index (χ1n) is 10.8. The van der Waals surface area contributed by atoms with Crippen LogP contribution in [0.15, 0.2) is 33.5 Å². The van der Waals surface area contributed by atoms with Gasteiger partial charge in [-0.25, -0.2) is 0 Å². The highest BCUT2D eigenvalue weighted by Crippen LogP contribution is 2.44. The lowest BCUT2D eigenvalue weighted by Gasteiger charge is -2.39. The number of aliphatic hydroxyl groups is 3. The summed E-state index contributed by atoms with van der Waals surface area (Å²) in [5.74, 6) is -0.941. The van der Waals surface area contributed by atoms with E-state index in [0.717, 1.165) is 12.1 Å². The molecule has 5 unspecified atom stereocenters. The Bertz CT molecular complexity index is 1330. The van der Waals surface area contributed by atoms with Crippen LogP contribution in [0.1, 0.15) is 6.92 Å². The van der Waals surface area contributed by atoms with Gasteiger partial charge in [0.2, 0.25) is 17.8 Å². The van der Waals surface area contributed by atoms with Gasteiger partial charge in [-0.1, -0.05) is 0 Å². The molecule has 0 aliphatic carbocycles. The molecule has 194 valence electrons. The van der Waals surface area contributed by atoms with Gasteiger partial charge in [0.05, 0.1) is 27.4 Å². The highest BCUT2D eigenvalue weighted by atomic mass is 16.7. The number of methoxy groups -OCH3 is 3. The lowest BCUT2D eigenvalue weighted by Crippen LogP contribution is -2.58. The summed E-state index contributed by atoms with van der Waals surface area (Å²) in [7, 11) is 3.96. The fraction of sp³-hybridized carbons (Fsp3) is 0.375. The van der Waals surface area contributed by atoms with Crippen LogP contribution in [0.5, 0.6) is 34.5 Å². The van der Waals surface area contributed by atoms with Gasteiger partial charge in [0.25, 0.3) is 0 Å². The van der Waals surface area contributed by atoms with Crippen molar-refractivity contribution in [3.63, 3.8) is 0 Å². The Hall–Kier alpha value is -3.71. The second kappa shape index (κ2) is 9.74. The van der Waals surface area contributed by atoms with Gasteiger partial charge >= 0.3 is 0 Å². The summed E-state index contributed by atoms with van der Waals surface area (Å²) < 4.78 is 32.8. The van der Waals surface area contributed by atoms with E-state index in [1.54, 1.807) is 0 Å². The number of fused-ring (bicyclic) bond motifs is 1. The van der Waals surface area contributed by atoms with Gasteiger partial charge in [-0.15, -0.1) is 0 Å². The molecule has 36 heavy (non-hydrogen) atoms. The molecule has 0 bridgehead atoms. The molecule has 12 nitrogen and oxygen atoms in total. The highest BCUT2D eigenvalue weighted by molar-refractivity contribution is 5.89. The number of aromatic hydroxyl groups is 2. The van der Waals surface area contributed by atoms with Crippen LogP contribution >= 0.6 is 0 Å². The Morgan fingerprint density at radius 2 is 1.50 bits per heavy atom. The Kier molecular flexibility index (Phi) is 6.87. The number of phenols is 2. The van der Waals surface area contributed by atoms with E-state index in [1.165, 1.54) is 40.4 Å². The van der Waals surface area contributed by atoms with E-state index in [0.29, 0.717) is 0 Å². The van der Waals surface area contributed by atoms with Gasteiger partial charge in [0.15, 0.2) is 28.4 Å². The number of ether oxygens (including phenoxy) is 5. The molecular formula is C24H26O12. The third-order valence-electron chi connectivity index (χ3n) is 5.91. The summed E-state index contributed by atoms with van der Waals surface area (Å²) in [5, 5.41) is 50.7. The molecule has 1 aromatic heterocycles. The lowest BCUT2D eigenvalue weighted by atomic mass is 10.00. The highest BCUT2D eigenvalue weighted by Gasteiger charge is 2.43. The molecule has 1 fully saturated rings. The molecule has 0 radical (unpaired) electrons. The van der Waals surface area contributed by atoms with Crippen LogP contribution in [-0.4, -0.2) is 77.6 Å². The third kappa shape index (κ3) is 4.24. The first kappa shape index (κ1) is 25.4. The maximum absolute atomic E-state index is 12.8. The molecule has 0 amide bonds. The van der Waals surface area contributed by atoms with Crippen LogP contribution in [0.4, 0.5) is 0 Å². The Balaban J connectivity index is 1.83. The number of rotatable bonds is 6. The summed E-state index contributed by atoms with van der Waals surface area (Å²) in [6.45, 7) is 1.51. The summed E-state index contributed by atoms with van der Waals surface area (Å²) in [6.07, 6.45) is -6.65. The number of aliphatic hydroxyl groups excluding tert-OH is 3. The van der Waals surface area contributed by atoms with E-state index in [-0.39, 0.29) is 45.3 Å².